The molecular formula is C16H24N2O3. The summed E-state index contributed by atoms with van der Waals surface area (Å²) in [4.78, 5) is 0. The Hall–Kier alpha value is -1.46. The van der Waals surface area contributed by atoms with E-state index in [1.165, 1.54) is 25.7 Å². The molecular weight excluding hydrogens is 268 g/mol. The number of hydrogen-bond acceptors (Lipinski definition) is 5. The highest BCUT2D eigenvalue weighted by Crippen LogP contribution is 2.42. The van der Waals surface area contributed by atoms with Crippen molar-refractivity contribution in [2.45, 2.75) is 31.7 Å². The molecule has 5 nitrogen and oxygen atoms in total. The van der Waals surface area contributed by atoms with Crippen LogP contribution in [0.2, 0.25) is 0 Å². The van der Waals surface area contributed by atoms with Crippen LogP contribution in [0.1, 0.15) is 37.3 Å². The molecule has 0 bridgehead atoms. The first-order valence-corrected chi connectivity index (χ1v) is 7.72. The summed E-state index contributed by atoms with van der Waals surface area (Å²) in [5, 5.41) is 3.53. The number of benzene rings is 1. The topological polar surface area (TPSA) is 65.7 Å². The first-order valence-electron chi connectivity index (χ1n) is 7.72. The molecule has 0 spiro atoms. The summed E-state index contributed by atoms with van der Waals surface area (Å²) in [6.07, 6.45) is 5.37. The minimum absolute atomic E-state index is 0.118. The van der Waals surface area contributed by atoms with E-state index in [4.69, 9.17) is 19.9 Å². The van der Waals surface area contributed by atoms with Gasteiger partial charge in [0.2, 0.25) is 12.5 Å². The van der Waals surface area contributed by atoms with E-state index in [-0.39, 0.29) is 12.8 Å². The number of methoxy groups -OCH3 is 1. The van der Waals surface area contributed by atoms with Crippen LogP contribution in [0.3, 0.4) is 0 Å². The van der Waals surface area contributed by atoms with Gasteiger partial charge in [-0.2, -0.15) is 0 Å². The second kappa shape index (κ2) is 6.54. The van der Waals surface area contributed by atoms with Crippen LogP contribution in [-0.2, 0) is 0 Å². The minimum Gasteiger partial charge on any atom is -0.493 e. The Morgan fingerprint density at radius 2 is 2.24 bits per heavy atom. The smallest absolute Gasteiger partial charge is 0.231 e. The van der Waals surface area contributed by atoms with Gasteiger partial charge in [0.05, 0.1) is 7.11 Å². The highest BCUT2D eigenvalue weighted by molar-refractivity contribution is 5.55. The van der Waals surface area contributed by atoms with Gasteiger partial charge in [0.25, 0.3) is 0 Å². The van der Waals surface area contributed by atoms with Crippen molar-refractivity contribution in [3.63, 3.8) is 0 Å². The first kappa shape index (κ1) is 14.5. The van der Waals surface area contributed by atoms with E-state index in [1.807, 2.05) is 12.1 Å². The molecule has 116 valence electrons. The highest BCUT2D eigenvalue weighted by atomic mass is 16.7. The molecule has 0 radical (unpaired) electrons. The van der Waals surface area contributed by atoms with E-state index in [0.717, 1.165) is 23.8 Å². The summed E-state index contributed by atoms with van der Waals surface area (Å²) in [6, 6.07) is 4.10. The molecule has 3 rings (SSSR count). The predicted molar refractivity (Wildman–Crippen MR) is 80.9 cm³/mol. The maximum atomic E-state index is 5.92. The third-order valence-electron chi connectivity index (χ3n) is 4.20. The Bertz CT molecular complexity index is 489. The zero-order valence-electron chi connectivity index (χ0n) is 12.6. The molecule has 0 saturated heterocycles. The average molecular weight is 292 g/mol. The van der Waals surface area contributed by atoms with Crippen LogP contribution < -0.4 is 25.3 Å². The summed E-state index contributed by atoms with van der Waals surface area (Å²) >= 11 is 0. The van der Waals surface area contributed by atoms with E-state index in [2.05, 4.69) is 5.32 Å². The Morgan fingerprint density at radius 1 is 1.38 bits per heavy atom. The molecule has 1 aromatic rings. The molecule has 1 saturated carbocycles. The Morgan fingerprint density at radius 3 is 2.95 bits per heavy atom. The molecule has 1 atom stereocenters. The normalized spacial score (nSPS) is 17.8. The van der Waals surface area contributed by atoms with Crippen LogP contribution in [-0.4, -0.2) is 27.0 Å². The maximum absolute atomic E-state index is 5.92. The highest BCUT2D eigenvalue weighted by Gasteiger charge is 2.23. The SMILES string of the molecule is COc1cc(C(CN)NCCCC2CC2)cc2c1OCO2. The van der Waals surface area contributed by atoms with E-state index in [9.17, 15) is 0 Å². The number of fused-ring (bicyclic) bond motifs is 1. The standard InChI is InChI=1S/C16H24N2O3/c1-19-14-7-12(8-15-16(14)21-10-20-15)13(9-17)18-6-2-3-11-4-5-11/h7-8,11,13,18H,2-6,9-10,17H2,1H3. The van der Waals surface area contributed by atoms with Gasteiger partial charge in [-0.05, 0) is 43.0 Å². The fourth-order valence-electron chi connectivity index (χ4n) is 2.76. The van der Waals surface area contributed by atoms with Gasteiger partial charge < -0.3 is 25.3 Å². The zero-order chi connectivity index (χ0) is 14.7. The molecule has 1 fully saturated rings. The van der Waals surface area contributed by atoms with Gasteiger partial charge in [0, 0.05) is 12.6 Å². The number of nitrogens with one attached hydrogen (secondary N) is 1. The lowest BCUT2D eigenvalue weighted by Crippen LogP contribution is -2.29. The number of hydrogen-bond donors (Lipinski definition) is 2. The molecule has 2 aliphatic rings. The second-order valence-electron chi connectivity index (χ2n) is 5.78. The Kier molecular flexibility index (Phi) is 4.51. The van der Waals surface area contributed by atoms with E-state index in [0.29, 0.717) is 18.0 Å². The Balaban J connectivity index is 1.64. The summed E-state index contributed by atoms with van der Waals surface area (Å²) in [5.74, 6) is 3.11. The van der Waals surface area contributed by atoms with Crippen molar-refractivity contribution in [2.75, 3.05) is 27.0 Å². The molecule has 1 unspecified atom stereocenters. The summed E-state index contributed by atoms with van der Waals surface area (Å²) < 4.78 is 16.3. The fourth-order valence-corrected chi connectivity index (χ4v) is 2.76. The fraction of sp³-hybridized carbons (Fsp3) is 0.625. The lowest BCUT2D eigenvalue weighted by Gasteiger charge is -2.18. The third-order valence-corrected chi connectivity index (χ3v) is 4.20. The predicted octanol–water partition coefficient (Wildman–Crippen LogP) is 2.20. The van der Waals surface area contributed by atoms with Crippen molar-refractivity contribution in [3.05, 3.63) is 17.7 Å². The van der Waals surface area contributed by atoms with Gasteiger partial charge in [-0.15, -0.1) is 0 Å². The quantitative estimate of drug-likeness (QED) is 0.719. The molecule has 1 aromatic carbocycles. The first-order chi connectivity index (χ1) is 10.3. The second-order valence-corrected chi connectivity index (χ2v) is 5.78. The van der Waals surface area contributed by atoms with Gasteiger partial charge in [-0.1, -0.05) is 12.8 Å². The molecule has 3 N–H and O–H groups in total. The van der Waals surface area contributed by atoms with Crippen molar-refractivity contribution in [1.82, 2.24) is 5.32 Å². The van der Waals surface area contributed by atoms with Gasteiger partial charge in [-0.25, -0.2) is 0 Å². The van der Waals surface area contributed by atoms with Gasteiger partial charge in [0.15, 0.2) is 11.5 Å². The van der Waals surface area contributed by atoms with Crippen LogP contribution in [0.4, 0.5) is 0 Å². The molecule has 1 heterocycles. The molecule has 0 amide bonds. The van der Waals surface area contributed by atoms with Crippen LogP contribution in [0.5, 0.6) is 17.2 Å². The molecule has 21 heavy (non-hydrogen) atoms. The van der Waals surface area contributed by atoms with Crippen molar-refractivity contribution in [2.24, 2.45) is 11.7 Å². The van der Waals surface area contributed by atoms with Crippen molar-refractivity contribution < 1.29 is 14.2 Å². The molecule has 1 aliphatic heterocycles. The average Bonchev–Trinajstić information content (AvgIpc) is 3.21. The largest absolute Gasteiger partial charge is 0.493 e. The molecule has 0 aromatic heterocycles. The maximum Gasteiger partial charge on any atom is 0.231 e. The van der Waals surface area contributed by atoms with Gasteiger partial charge >= 0.3 is 0 Å². The monoisotopic (exact) mass is 292 g/mol. The summed E-state index contributed by atoms with van der Waals surface area (Å²) in [7, 11) is 1.64. The third kappa shape index (κ3) is 3.41. The summed E-state index contributed by atoms with van der Waals surface area (Å²) in [5.41, 5.74) is 7.01. The number of rotatable bonds is 8. The zero-order valence-corrected chi connectivity index (χ0v) is 12.6. The van der Waals surface area contributed by atoms with Crippen LogP contribution in [0.25, 0.3) is 0 Å². The van der Waals surface area contributed by atoms with Gasteiger partial charge in [0.1, 0.15) is 0 Å². The molecule has 1 aliphatic carbocycles. The Labute approximate surface area is 125 Å². The lowest BCUT2D eigenvalue weighted by atomic mass is 10.0. The van der Waals surface area contributed by atoms with Crippen LogP contribution in [0, 0.1) is 5.92 Å². The van der Waals surface area contributed by atoms with Crippen molar-refractivity contribution >= 4 is 0 Å². The number of ether oxygens (including phenoxy) is 3. The van der Waals surface area contributed by atoms with E-state index in [1.54, 1.807) is 7.11 Å². The number of nitrogens with two attached hydrogens (primary N) is 1. The summed E-state index contributed by atoms with van der Waals surface area (Å²) in [6.45, 7) is 1.79. The van der Waals surface area contributed by atoms with E-state index < -0.39 is 0 Å². The minimum atomic E-state index is 0.118. The van der Waals surface area contributed by atoms with Crippen molar-refractivity contribution in [1.29, 1.82) is 0 Å². The molecule has 5 heteroatoms. The van der Waals surface area contributed by atoms with Crippen LogP contribution >= 0.6 is 0 Å². The lowest BCUT2D eigenvalue weighted by molar-refractivity contribution is 0.171. The van der Waals surface area contributed by atoms with Crippen molar-refractivity contribution in [3.8, 4) is 17.2 Å². The van der Waals surface area contributed by atoms with E-state index >= 15 is 0 Å². The van der Waals surface area contributed by atoms with Crippen LogP contribution in [0.15, 0.2) is 12.1 Å². The van der Waals surface area contributed by atoms with Gasteiger partial charge in [-0.3, -0.25) is 0 Å².